The standard InChI is InChI=1S/C21H22FN3O3S/c1-27-15-6-8-16(18(11-15)28-2)23-20(26)13-4-3-9-25(12-13)21-24-17-7-5-14(22)10-19(17)29-21/h5-8,10-11,13H,3-4,9,12H2,1-2H3,(H,23,26). The fourth-order valence-electron chi connectivity index (χ4n) is 3.52. The Morgan fingerprint density at radius 1 is 1.24 bits per heavy atom. The van der Waals surface area contributed by atoms with E-state index in [-0.39, 0.29) is 17.6 Å². The van der Waals surface area contributed by atoms with E-state index in [2.05, 4.69) is 15.2 Å². The van der Waals surface area contributed by atoms with Crippen molar-refractivity contribution in [1.82, 2.24) is 4.98 Å². The predicted octanol–water partition coefficient (Wildman–Crippen LogP) is 4.31. The number of nitrogens with one attached hydrogen (secondary N) is 1. The van der Waals surface area contributed by atoms with Gasteiger partial charge in [0.1, 0.15) is 17.3 Å². The predicted molar refractivity (Wildman–Crippen MR) is 113 cm³/mol. The summed E-state index contributed by atoms with van der Waals surface area (Å²) in [5.74, 6) is 0.733. The van der Waals surface area contributed by atoms with Gasteiger partial charge < -0.3 is 19.7 Å². The molecule has 152 valence electrons. The lowest BCUT2D eigenvalue weighted by molar-refractivity contribution is -0.120. The number of methoxy groups -OCH3 is 2. The Morgan fingerprint density at radius 3 is 2.90 bits per heavy atom. The average molecular weight is 415 g/mol. The Labute approximate surface area is 172 Å². The summed E-state index contributed by atoms with van der Waals surface area (Å²) in [6.07, 6.45) is 1.70. The SMILES string of the molecule is COc1ccc(NC(=O)C2CCCN(c3nc4ccc(F)cc4s3)C2)c(OC)c1. The molecule has 0 radical (unpaired) electrons. The molecule has 2 heterocycles. The number of aromatic nitrogens is 1. The maximum absolute atomic E-state index is 13.5. The van der Waals surface area contributed by atoms with Crippen LogP contribution in [0.1, 0.15) is 12.8 Å². The first-order chi connectivity index (χ1) is 14.1. The summed E-state index contributed by atoms with van der Waals surface area (Å²) < 4.78 is 24.8. The van der Waals surface area contributed by atoms with E-state index < -0.39 is 0 Å². The van der Waals surface area contributed by atoms with Crippen molar-refractivity contribution in [1.29, 1.82) is 0 Å². The number of fused-ring (bicyclic) bond motifs is 1. The van der Waals surface area contributed by atoms with E-state index in [1.54, 1.807) is 38.5 Å². The second kappa shape index (κ2) is 8.24. The van der Waals surface area contributed by atoms with Gasteiger partial charge in [-0.2, -0.15) is 0 Å². The summed E-state index contributed by atoms with van der Waals surface area (Å²) in [7, 11) is 3.14. The van der Waals surface area contributed by atoms with E-state index in [0.29, 0.717) is 23.7 Å². The minimum atomic E-state index is -0.267. The summed E-state index contributed by atoms with van der Waals surface area (Å²) >= 11 is 1.46. The van der Waals surface area contributed by atoms with E-state index in [1.165, 1.54) is 23.5 Å². The van der Waals surface area contributed by atoms with Crippen LogP contribution < -0.4 is 19.7 Å². The van der Waals surface area contributed by atoms with Crippen molar-refractivity contribution in [2.75, 3.05) is 37.5 Å². The first-order valence-corrected chi connectivity index (χ1v) is 10.2. The maximum Gasteiger partial charge on any atom is 0.229 e. The van der Waals surface area contributed by atoms with Crippen LogP contribution in [0.15, 0.2) is 36.4 Å². The molecule has 3 aromatic rings. The molecule has 1 N–H and O–H groups in total. The summed E-state index contributed by atoms with van der Waals surface area (Å²) in [6.45, 7) is 1.41. The van der Waals surface area contributed by atoms with Crippen LogP contribution in [0.5, 0.6) is 11.5 Å². The number of ether oxygens (including phenoxy) is 2. The number of anilines is 2. The normalized spacial score (nSPS) is 16.7. The van der Waals surface area contributed by atoms with Crippen molar-refractivity contribution in [2.45, 2.75) is 12.8 Å². The summed E-state index contributed by atoms with van der Waals surface area (Å²) in [6, 6.07) is 9.91. The van der Waals surface area contributed by atoms with Gasteiger partial charge in [0.15, 0.2) is 5.13 Å². The first kappa shape index (κ1) is 19.4. The highest BCUT2D eigenvalue weighted by molar-refractivity contribution is 7.22. The van der Waals surface area contributed by atoms with Crippen molar-refractivity contribution < 1.29 is 18.7 Å². The van der Waals surface area contributed by atoms with Gasteiger partial charge >= 0.3 is 0 Å². The third-order valence-electron chi connectivity index (χ3n) is 5.07. The molecule has 0 saturated carbocycles. The molecular formula is C21H22FN3O3S. The number of halogens is 1. The Bertz CT molecular complexity index is 1040. The van der Waals surface area contributed by atoms with Crippen molar-refractivity contribution in [3.05, 3.63) is 42.2 Å². The highest BCUT2D eigenvalue weighted by Gasteiger charge is 2.28. The summed E-state index contributed by atoms with van der Waals surface area (Å²) in [5.41, 5.74) is 1.40. The monoisotopic (exact) mass is 415 g/mol. The Morgan fingerprint density at radius 2 is 2.10 bits per heavy atom. The zero-order valence-electron chi connectivity index (χ0n) is 16.3. The van der Waals surface area contributed by atoms with E-state index in [9.17, 15) is 9.18 Å². The van der Waals surface area contributed by atoms with Crippen molar-refractivity contribution in [2.24, 2.45) is 5.92 Å². The second-order valence-corrected chi connectivity index (χ2v) is 7.96. The number of thiazole rings is 1. The highest BCUT2D eigenvalue weighted by Crippen LogP contribution is 2.33. The topological polar surface area (TPSA) is 63.7 Å². The van der Waals surface area contributed by atoms with Gasteiger partial charge in [0.25, 0.3) is 0 Å². The molecule has 1 aliphatic rings. The van der Waals surface area contributed by atoms with Crippen LogP contribution >= 0.6 is 11.3 Å². The zero-order chi connectivity index (χ0) is 20.4. The second-order valence-electron chi connectivity index (χ2n) is 6.95. The smallest absolute Gasteiger partial charge is 0.229 e. The molecule has 1 aromatic heterocycles. The maximum atomic E-state index is 13.5. The molecule has 1 atom stereocenters. The lowest BCUT2D eigenvalue weighted by Gasteiger charge is -2.31. The van der Waals surface area contributed by atoms with Gasteiger partial charge in [-0.3, -0.25) is 4.79 Å². The van der Waals surface area contributed by atoms with Crippen molar-refractivity contribution >= 4 is 38.3 Å². The molecule has 1 amide bonds. The molecular weight excluding hydrogens is 393 g/mol. The number of rotatable bonds is 5. The van der Waals surface area contributed by atoms with E-state index >= 15 is 0 Å². The van der Waals surface area contributed by atoms with Crippen LogP contribution in [-0.2, 0) is 4.79 Å². The molecule has 2 aromatic carbocycles. The Balaban J connectivity index is 1.48. The summed E-state index contributed by atoms with van der Waals surface area (Å²) in [4.78, 5) is 19.6. The van der Waals surface area contributed by atoms with Gasteiger partial charge in [-0.1, -0.05) is 11.3 Å². The van der Waals surface area contributed by atoms with Crippen LogP contribution in [0.2, 0.25) is 0 Å². The number of piperidine rings is 1. The number of carbonyl (C=O) groups is 1. The quantitative estimate of drug-likeness (QED) is 0.673. The summed E-state index contributed by atoms with van der Waals surface area (Å²) in [5, 5.41) is 3.80. The zero-order valence-corrected chi connectivity index (χ0v) is 17.1. The molecule has 0 bridgehead atoms. The molecule has 1 unspecified atom stereocenters. The van der Waals surface area contributed by atoms with Crippen molar-refractivity contribution in [3.8, 4) is 11.5 Å². The molecule has 0 spiro atoms. The van der Waals surface area contributed by atoms with Gasteiger partial charge in [0, 0.05) is 19.2 Å². The van der Waals surface area contributed by atoms with Crippen LogP contribution in [0.25, 0.3) is 10.2 Å². The molecule has 1 aliphatic heterocycles. The van der Waals surface area contributed by atoms with E-state index in [0.717, 1.165) is 34.7 Å². The largest absolute Gasteiger partial charge is 0.497 e. The Hall–Kier alpha value is -2.87. The van der Waals surface area contributed by atoms with Crippen LogP contribution in [0.3, 0.4) is 0 Å². The number of hydrogen-bond donors (Lipinski definition) is 1. The van der Waals surface area contributed by atoms with Crippen LogP contribution in [0, 0.1) is 11.7 Å². The first-order valence-electron chi connectivity index (χ1n) is 9.41. The number of amides is 1. The third kappa shape index (κ3) is 4.12. The van der Waals surface area contributed by atoms with Gasteiger partial charge in [-0.25, -0.2) is 9.37 Å². The molecule has 1 fully saturated rings. The minimum Gasteiger partial charge on any atom is -0.497 e. The lowest BCUT2D eigenvalue weighted by Crippen LogP contribution is -2.40. The number of nitrogens with zero attached hydrogens (tertiary/aromatic N) is 2. The Kier molecular flexibility index (Phi) is 5.53. The van der Waals surface area contributed by atoms with Crippen molar-refractivity contribution in [3.63, 3.8) is 0 Å². The van der Waals surface area contributed by atoms with Gasteiger partial charge in [-0.15, -0.1) is 0 Å². The average Bonchev–Trinajstić information content (AvgIpc) is 3.17. The van der Waals surface area contributed by atoms with Crippen LogP contribution in [-0.4, -0.2) is 38.2 Å². The van der Waals surface area contributed by atoms with E-state index in [1.807, 2.05) is 0 Å². The molecule has 4 rings (SSSR count). The lowest BCUT2D eigenvalue weighted by atomic mass is 9.97. The van der Waals surface area contributed by atoms with Crippen LogP contribution in [0.4, 0.5) is 15.2 Å². The minimum absolute atomic E-state index is 0.0506. The molecule has 6 nitrogen and oxygen atoms in total. The third-order valence-corrected chi connectivity index (χ3v) is 6.15. The highest BCUT2D eigenvalue weighted by atomic mass is 32.1. The van der Waals surface area contributed by atoms with Gasteiger partial charge in [-0.05, 0) is 43.2 Å². The number of benzene rings is 2. The fraction of sp³-hybridized carbons (Fsp3) is 0.333. The molecule has 1 saturated heterocycles. The molecule has 29 heavy (non-hydrogen) atoms. The van der Waals surface area contributed by atoms with Gasteiger partial charge in [0.2, 0.25) is 5.91 Å². The molecule has 8 heteroatoms. The fourth-order valence-corrected chi connectivity index (χ4v) is 4.55. The number of carbonyl (C=O) groups excluding carboxylic acids is 1. The van der Waals surface area contributed by atoms with Gasteiger partial charge in [0.05, 0.1) is 36.0 Å². The van der Waals surface area contributed by atoms with E-state index in [4.69, 9.17) is 9.47 Å². The number of hydrogen-bond acceptors (Lipinski definition) is 6. The molecule has 0 aliphatic carbocycles.